The third kappa shape index (κ3) is 4.06. The van der Waals surface area contributed by atoms with E-state index in [-0.39, 0.29) is 23.6 Å². The summed E-state index contributed by atoms with van der Waals surface area (Å²) in [6.07, 6.45) is 3.90. The topological polar surface area (TPSA) is 91.8 Å². The molecule has 1 aromatic carbocycles. The van der Waals surface area contributed by atoms with Gasteiger partial charge in [0.1, 0.15) is 0 Å². The molecular weight excluding hydrogens is 328 g/mol. The van der Waals surface area contributed by atoms with E-state index in [2.05, 4.69) is 20.3 Å². The first-order valence-corrected chi connectivity index (χ1v) is 9.74. The number of hydrogen-bond acceptors (Lipinski definition) is 4. The predicted molar refractivity (Wildman–Crippen MR) is 92.4 cm³/mol. The van der Waals surface area contributed by atoms with E-state index in [1.165, 1.54) is 0 Å². The molecule has 3 N–H and O–H groups in total. The van der Waals surface area contributed by atoms with Crippen molar-refractivity contribution in [3.63, 3.8) is 0 Å². The highest BCUT2D eigenvalue weighted by Gasteiger charge is 2.41. The summed E-state index contributed by atoms with van der Waals surface area (Å²) < 4.78 is 32.6. The van der Waals surface area contributed by atoms with Gasteiger partial charge in [0, 0.05) is 20.1 Å². The van der Waals surface area contributed by atoms with Crippen LogP contribution < -0.4 is 15.4 Å². The molecule has 2 bridgehead atoms. The molecule has 0 aliphatic carbocycles. The maximum atomic E-state index is 12.1. The standard InChI is InChI=1S/C16H24N4O3S/c1-17-16(20-14-11-12-7-8-15(14)23-12)18-9-10-19-24(21,22)13-5-3-2-4-6-13/h2-6,12,14-15,19H,7-11H2,1H3,(H2,17,18,20). The van der Waals surface area contributed by atoms with Crippen molar-refractivity contribution in [2.75, 3.05) is 20.1 Å². The number of aliphatic imine (C=N–C) groups is 1. The molecule has 0 aromatic heterocycles. The third-order valence-corrected chi connectivity index (χ3v) is 5.89. The number of benzene rings is 1. The predicted octanol–water partition coefficient (Wildman–Crippen LogP) is 0.450. The molecule has 0 spiro atoms. The second-order valence-electron chi connectivity index (χ2n) is 6.07. The van der Waals surface area contributed by atoms with Gasteiger partial charge in [0.2, 0.25) is 10.0 Å². The van der Waals surface area contributed by atoms with Crippen LogP contribution in [0.25, 0.3) is 0 Å². The summed E-state index contributed by atoms with van der Waals surface area (Å²) in [4.78, 5) is 4.46. The summed E-state index contributed by atoms with van der Waals surface area (Å²) >= 11 is 0. The molecule has 132 valence electrons. The largest absolute Gasteiger partial charge is 0.373 e. The Morgan fingerprint density at radius 1 is 1.25 bits per heavy atom. The maximum absolute atomic E-state index is 12.1. The smallest absolute Gasteiger partial charge is 0.240 e. The van der Waals surface area contributed by atoms with E-state index in [4.69, 9.17) is 4.74 Å². The van der Waals surface area contributed by atoms with Crippen LogP contribution in [0.2, 0.25) is 0 Å². The third-order valence-electron chi connectivity index (χ3n) is 4.41. The van der Waals surface area contributed by atoms with Crippen molar-refractivity contribution in [3.05, 3.63) is 30.3 Å². The summed E-state index contributed by atoms with van der Waals surface area (Å²) in [7, 11) is -1.76. The number of nitrogens with one attached hydrogen (secondary N) is 3. The van der Waals surface area contributed by atoms with Crippen LogP contribution in [-0.2, 0) is 14.8 Å². The van der Waals surface area contributed by atoms with Crippen molar-refractivity contribution in [2.45, 2.75) is 42.4 Å². The van der Waals surface area contributed by atoms with E-state index in [1.807, 2.05) is 0 Å². The van der Waals surface area contributed by atoms with Crippen molar-refractivity contribution in [3.8, 4) is 0 Å². The molecule has 8 heteroatoms. The Balaban J connectivity index is 1.42. The number of hydrogen-bond donors (Lipinski definition) is 3. The molecule has 1 aromatic rings. The Kier molecular flexibility index (Phi) is 5.37. The molecule has 2 saturated heterocycles. The van der Waals surface area contributed by atoms with Gasteiger partial charge < -0.3 is 15.4 Å². The first kappa shape index (κ1) is 17.2. The number of guanidine groups is 1. The second kappa shape index (κ2) is 7.50. The van der Waals surface area contributed by atoms with Crippen molar-refractivity contribution < 1.29 is 13.2 Å². The van der Waals surface area contributed by atoms with Crippen molar-refractivity contribution in [1.29, 1.82) is 0 Å². The van der Waals surface area contributed by atoms with Crippen LogP contribution in [0.15, 0.2) is 40.2 Å². The highest BCUT2D eigenvalue weighted by molar-refractivity contribution is 7.89. The second-order valence-corrected chi connectivity index (χ2v) is 7.84. The first-order valence-electron chi connectivity index (χ1n) is 8.26. The van der Waals surface area contributed by atoms with E-state index in [9.17, 15) is 8.42 Å². The molecule has 2 fully saturated rings. The lowest BCUT2D eigenvalue weighted by Crippen LogP contribution is -2.48. The lowest BCUT2D eigenvalue weighted by atomic mass is 9.96. The average molecular weight is 352 g/mol. The highest BCUT2D eigenvalue weighted by atomic mass is 32.2. The molecule has 3 atom stereocenters. The van der Waals surface area contributed by atoms with E-state index in [0.717, 1.165) is 19.3 Å². The molecule has 3 unspecified atom stereocenters. The molecule has 3 rings (SSSR count). The fourth-order valence-electron chi connectivity index (χ4n) is 3.21. The number of fused-ring (bicyclic) bond motifs is 2. The minimum atomic E-state index is -3.46. The first-order chi connectivity index (χ1) is 11.6. The molecule has 24 heavy (non-hydrogen) atoms. The number of sulfonamides is 1. The quantitative estimate of drug-likeness (QED) is 0.393. The van der Waals surface area contributed by atoms with Crippen molar-refractivity contribution in [1.82, 2.24) is 15.4 Å². The summed E-state index contributed by atoms with van der Waals surface area (Å²) in [5.74, 6) is 0.676. The van der Waals surface area contributed by atoms with Crippen molar-refractivity contribution in [2.24, 2.45) is 4.99 Å². The van der Waals surface area contributed by atoms with Gasteiger partial charge in [-0.1, -0.05) is 18.2 Å². The average Bonchev–Trinajstić information content (AvgIpc) is 3.21. The van der Waals surface area contributed by atoms with Gasteiger partial charge in [0.15, 0.2) is 5.96 Å². The van der Waals surface area contributed by atoms with Crippen LogP contribution in [0, 0.1) is 0 Å². The van der Waals surface area contributed by atoms with Gasteiger partial charge in [-0.15, -0.1) is 0 Å². The molecule has 0 saturated carbocycles. The number of ether oxygens (including phenoxy) is 1. The summed E-state index contributed by atoms with van der Waals surface area (Å²) in [6.45, 7) is 0.735. The Labute approximate surface area is 142 Å². The monoisotopic (exact) mass is 352 g/mol. The number of rotatable bonds is 6. The summed E-state index contributed by atoms with van der Waals surface area (Å²) in [5, 5.41) is 6.50. The number of nitrogens with zero attached hydrogens (tertiary/aromatic N) is 1. The fourth-order valence-corrected chi connectivity index (χ4v) is 4.26. The van der Waals surface area contributed by atoms with Crippen LogP contribution in [0.1, 0.15) is 19.3 Å². The fraction of sp³-hybridized carbons (Fsp3) is 0.562. The van der Waals surface area contributed by atoms with Crippen LogP contribution in [0.4, 0.5) is 0 Å². The van der Waals surface area contributed by atoms with E-state index in [1.54, 1.807) is 37.4 Å². The molecule has 0 radical (unpaired) electrons. The van der Waals surface area contributed by atoms with Crippen LogP contribution >= 0.6 is 0 Å². The Hall–Kier alpha value is -1.64. The van der Waals surface area contributed by atoms with Crippen LogP contribution in [0.5, 0.6) is 0 Å². The molecule has 2 aliphatic heterocycles. The van der Waals surface area contributed by atoms with Gasteiger partial charge in [-0.2, -0.15) is 0 Å². The summed E-state index contributed by atoms with van der Waals surface area (Å²) in [5.41, 5.74) is 0. The van der Waals surface area contributed by atoms with Gasteiger partial charge in [0.25, 0.3) is 0 Å². The lowest BCUT2D eigenvalue weighted by molar-refractivity contribution is 0.0992. The minimum absolute atomic E-state index is 0.269. The maximum Gasteiger partial charge on any atom is 0.240 e. The van der Waals surface area contributed by atoms with E-state index >= 15 is 0 Å². The van der Waals surface area contributed by atoms with Gasteiger partial charge in [-0.05, 0) is 31.4 Å². The molecular formula is C16H24N4O3S. The van der Waals surface area contributed by atoms with Crippen LogP contribution in [-0.4, -0.2) is 52.8 Å². The Morgan fingerprint density at radius 2 is 2.04 bits per heavy atom. The zero-order chi connectivity index (χ0) is 17.0. The Morgan fingerprint density at radius 3 is 2.67 bits per heavy atom. The van der Waals surface area contributed by atoms with Gasteiger partial charge in [-0.25, -0.2) is 13.1 Å². The normalized spacial score (nSPS) is 26.5. The van der Waals surface area contributed by atoms with Gasteiger partial charge >= 0.3 is 0 Å². The van der Waals surface area contributed by atoms with Gasteiger partial charge in [-0.3, -0.25) is 4.99 Å². The van der Waals surface area contributed by atoms with Crippen LogP contribution in [0.3, 0.4) is 0 Å². The van der Waals surface area contributed by atoms with E-state index < -0.39 is 10.0 Å². The van der Waals surface area contributed by atoms with Gasteiger partial charge in [0.05, 0.1) is 23.1 Å². The van der Waals surface area contributed by atoms with E-state index in [0.29, 0.717) is 18.6 Å². The molecule has 7 nitrogen and oxygen atoms in total. The SMILES string of the molecule is CN=C(NCCNS(=O)(=O)c1ccccc1)NC1CC2CCC1O2. The zero-order valence-electron chi connectivity index (χ0n) is 13.7. The minimum Gasteiger partial charge on any atom is -0.373 e. The lowest BCUT2D eigenvalue weighted by Gasteiger charge is -2.22. The zero-order valence-corrected chi connectivity index (χ0v) is 14.6. The molecule has 0 amide bonds. The summed E-state index contributed by atoms with van der Waals surface area (Å²) in [6, 6.07) is 8.63. The molecule has 2 aliphatic rings. The van der Waals surface area contributed by atoms with Crippen molar-refractivity contribution >= 4 is 16.0 Å². The molecule has 2 heterocycles. The Bertz CT molecular complexity index is 678. The highest BCUT2D eigenvalue weighted by Crippen LogP contribution is 2.34.